The number of piperidine rings is 1. The first-order chi connectivity index (χ1) is 10.4. The number of carbonyl (C=O) groups is 2. The van der Waals surface area contributed by atoms with Crippen molar-refractivity contribution in [3.8, 4) is 0 Å². The van der Waals surface area contributed by atoms with Crippen LogP contribution in [0.4, 0.5) is 0 Å². The number of hydrogen-bond donors (Lipinski definition) is 1. The monoisotopic (exact) mass is 323 g/mol. The van der Waals surface area contributed by atoms with Crippen LogP contribution in [-0.2, 0) is 16.0 Å². The van der Waals surface area contributed by atoms with E-state index in [1.807, 2.05) is 26.2 Å². The van der Waals surface area contributed by atoms with Gasteiger partial charge in [0.1, 0.15) is 6.04 Å². The van der Waals surface area contributed by atoms with Crippen LogP contribution in [0, 0.1) is 0 Å². The zero-order valence-electron chi connectivity index (χ0n) is 13.6. The van der Waals surface area contributed by atoms with Gasteiger partial charge in [-0.2, -0.15) is 0 Å². The highest BCUT2D eigenvalue weighted by molar-refractivity contribution is 7.07. The fourth-order valence-corrected chi connectivity index (χ4v) is 3.29. The van der Waals surface area contributed by atoms with Crippen LogP contribution in [-0.4, -0.2) is 39.8 Å². The first-order valence-corrected chi connectivity index (χ1v) is 8.80. The van der Waals surface area contributed by atoms with E-state index >= 15 is 0 Å². The highest BCUT2D eigenvalue weighted by Gasteiger charge is 2.33. The van der Waals surface area contributed by atoms with Crippen molar-refractivity contribution >= 4 is 23.2 Å². The summed E-state index contributed by atoms with van der Waals surface area (Å²) < 4.78 is 0. The molecule has 2 amide bonds. The van der Waals surface area contributed by atoms with E-state index in [0.29, 0.717) is 19.4 Å². The summed E-state index contributed by atoms with van der Waals surface area (Å²) in [4.78, 5) is 30.9. The molecule has 1 aliphatic heterocycles. The molecule has 0 saturated carbocycles. The van der Waals surface area contributed by atoms with Crippen LogP contribution in [0.2, 0.25) is 0 Å². The molecule has 1 aromatic heterocycles. The number of nitrogens with zero attached hydrogens (tertiary/aromatic N) is 2. The highest BCUT2D eigenvalue weighted by atomic mass is 32.1. The molecule has 0 spiro atoms. The molecule has 0 aliphatic carbocycles. The third kappa shape index (κ3) is 4.80. The quantitative estimate of drug-likeness (QED) is 0.925. The Bertz CT molecular complexity index is 508. The molecule has 2 rings (SSSR count). The number of aromatic nitrogens is 1. The Morgan fingerprint density at radius 2 is 2.18 bits per heavy atom. The molecule has 1 atom stereocenters. The van der Waals surface area contributed by atoms with Gasteiger partial charge in [-0.1, -0.05) is 0 Å². The molecule has 1 aliphatic rings. The summed E-state index contributed by atoms with van der Waals surface area (Å²) >= 11 is 1.54. The fraction of sp³-hybridized carbons (Fsp3) is 0.688. The molecule has 5 nitrogen and oxygen atoms in total. The number of rotatable bonds is 4. The van der Waals surface area contributed by atoms with E-state index in [9.17, 15) is 9.59 Å². The van der Waals surface area contributed by atoms with Crippen LogP contribution in [0.1, 0.15) is 52.1 Å². The summed E-state index contributed by atoms with van der Waals surface area (Å²) in [6.07, 6.45) is 3.79. The van der Waals surface area contributed by atoms with Crippen molar-refractivity contribution in [1.82, 2.24) is 15.2 Å². The maximum atomic E-state index is 12.5. The molecule has 1 N–H and O–H groups in total. The van der Waals surface area contributed by atoms with Crippen molar-refractivity contribution in [3.05, 3.63) is 16.6 Å². The molecule has 0 unspecified atom stereocenters. The molecular formula is C16H25N3O2S. The first-order valence-electron chi connectivity index (χ1n) is 7.85. The van der Waals surface area contributed by atoms with Crippen LogP contribution < -0.4 is 5.32 Å². The Hall–Kier alpha value is -1.43. The lowest BCUT2D eigenvalue weighted by Gasteiger charge is -2.36. The molecule has 2 heterocycles. The summed E-state index contributed by atoms with van der Waals surface area (Å²) in [5.74, 6) is 0.0240. The van der Waals surface area contributed by atoms with Crippen LogP contribution >= 0.6 is 11.3 Å². The van der Waals surface area contributed by atoms with Gasteiger partial charge in [0.15, 0.2) is 0 Å². The average molecular weight is 323 g/mol. The van der Waals surface area contributed by atoms with Gasteiger partial charge >= 0.3 is 0 Å². The van der Waals surface area contributed by atoms with E-state index in [1.165, 1.54) is 11.3 Å². The number of hydrogen-bond acceptors (Lipinski definition) is 4. The predicted molar refractivity (Wildman–Crippen MR) is 87.7 cm³/mol. The van der Waals surface area contributed by atoms with Gasteiger partial charge < -0.3 is 10.2 Å². The molecule has 6 heteroatoms. The molecular weight excluding hydrogens is 298 g/mol. The van der Waals surface area contributed by atoms with Crippen molar-refractivity contribution in [2.24, 2.45) is 0 Å². The predicted octanol–water partition coefficient (Wildman–Crippen LogP) is 2.37. The fourth-order valence-electron chi connectivity index (χ4n) is 2.70. The van der Waals surface area contributed by atoms with Gasteiger partial charge in [-0.3, -0.25) is 9.59 Å². The van der Waals surface area contributed by atoms with Gasteiger partial charge in [0.05, 0.1) is 11.2 Å². The van der Waals surface area contributed by atoms with Crippen molar-refractivity contribution in [2.45, 2.75) is 64.5 Å². The molecule has 1 saturated heterocycles. The summed E-state index contributed by atoms with van der Waals surface area (Å²) in [5.41, 5.74) is 2.45. The molecule has 22 heavy (non-hydrogen) atoms. The lowest BCUT2D eigenvalue weighted by atomic mass is 9.99. The third-order valence-corrected chi connectivity index (χ3v) is 4.34. The highest BCUT2D eigenvalue weighted by Crippen LogP contribution is 2.20. The molecule has 1 fully saturated rings. The number of thiazole rings is 1. The molecule has 0 aromatic carbocycles. The zero-order valence-corrected chi connectivity index (χ0v) is 14.4. The topological polar surface area (TPSA) is 62.3 Å². The maximum absolute atomic E-state index is 12.5. The summed E-state index contributed by atoms with van der Waals surface area (Å²) in [7, 11) is 0. The van der Waals surface area contributed by atoms with Crippen molar-refractivity contribution in [1.29, 1.82) is 0 Å². The van der Waals surface area contributed by atoms with Crippen LogP contribution in [0.5, 0.6) is 0 Å². The molecule has 0 radical (unpaired) electrons. The van der Waals surface area contributed by atoms with E-state index < -0.39 is 0 Å². The van der Waals surface area contributed by atoms with Gasteiger partial charge in [-0.15, -0.1) is 11.3 Å². The van der Waals surface area contributed by atoms with E-state index in [1.54, 1.807) is 10.4 Å². The summed E-state index contributed by atoms with van der Waals surface area (Å²) in [6, 6.07) is -0.323. The number of aryl methyl sites for hydroxylation is 1. The zero-order chi connectivity index (χ0) is 16.2. The van der Waals surface area contributed by atoms with E-state index in [2.05, 4.69) is 10.3 Å². The Kier molecular flexibility index (Phi) is 5.56. The minimum absolute atomic E-state index is 0.0331. The SMILES string of the molecule is CC(C)(C)NC(=O)[C@H]1CCCCN1C(=O)CCc1cscn1. The summed E-state index contributed by atoms with van der Waals surface area (Å²) in [6.45, 7) is 6.56. The largest absolute Gasteiger partial charge is 0.350 e. The van der Waals surface area contributed by atoms with Crippen molar-refractivity contribution < 1.29 is 9.59 Å². The minimum Gasteiger partial charge on any atom is -0.350 e. The summed E-state index contributed by atoms with van der Waals surface area (Å²) in [5, 5.41) is 4.97. The lowest BCUT2D eigenvalue weighted by Crippen LogP contribution is -2.55. The van der Waals surface area contributed by atoms with Crippen LogP contribution in [0.3, 0.4) is 0 Å². The van der Waals surface area contributed by atoms with Gasteiger partial charge in [0, 0.05) is 23.9 Å². The Morgan fingerprint density at radius 3 is 2.82 bits per heavy atom. The average Bonchev–Trinajstić information content (AvgIpc) is 2.96. The lowest BCUT2D eigenvalue weighted by molar-refractivity contribution is -0.142. The van der Waals surface area contributed by atoms with E-state index in [0.717, 1.165) is 25.0 Å². The number of amides is 2. The third-order valence-electron chi connectivity index (χ3n) is 3.70. The molecule has 1 aromatic rings. The van der Waals surface area contributed by atoms with Crippen molar-refractivity contribution in [3.63, 3.8) is 0 Å². The number of likely N-dealkylation sites (tertiary alicyclic amines) is 1. The van der Waals surface area contributed by atoms with E-state index in [4.69, 9.17) is 0 Å². The van der Waals surface area contributed by atoms with Crippen LogP contribution in [0.15, 0.2) is 10.9 Å². The van der Waals surface area contributed by atoms with Crippen molar-refractivity contribution in [2.75, 3.05) is 6.54 Å². The van der Waals surface area contributed by atoms with Crippen LogP contribution in [0.25, 0.3) is 0 Å². The second-order valence-electron chi connectivity index (χ2n) is 6.82. The normalized spacial score (nSPS) is 19.0. The minimum atomic E-state index is -0.323. The Labute approximate surface area is 136 Å². The number of nitrogens with one attached hydrogen (secondary N) is 1. The standard InChI is InChI=1S/C16H25N3O2S/c1-16(2,3)18-15(21)13-6-4-5-9-19(13)14(20)8-7-12-10-22-11-17-12/h10-11,13H,4-9H2,1-3H3,(H,18,21)/t13-/m1/s1. The van der Waals surface area contributed by atoms with Gasteiger partial charge in [0.25, 0.3) is 0 Å². The smallest absolute Gasteiger partial charge is 0.243 e. The maximum Gasteiger partial charge on any atom is 0.243 e. The van der Waals surface area contributed by atoms with E-state index in [-0.39, 0.29) is 23.4 Å². The first kappa shape index (κ1) is 16.9. The second-order valence-corrected chi connectivity index (χ2v) is 7.54. The second kappa shape index (κ2) is 7.22. The van der Waals surface area contributed by atoms with Gasteiger partial charge in [-0.25, -0.2) is 4.98 Å². The van der Waals surface area contributed by atoms with Gasteiger partial charge in [0.2, 0.25) is 11.8 Å². The Balaban J connectivity index is 1.96. The van der Waals surface area contributed by atoms with Gasteiger partial charge in [-0.05, 0) is 46.5 Å². The molecule has 0 bridgehead atoms. The Morgan fingerprint density at radius 1 is 1.41 bits per heavy atom. The number of carbonyl (C=O) groups excluding carboxylic acids is 2. The molecule has 122 valence electrons.